The molecule has 1 heterocycles. The van der Waals surface area contributed by atoms with E-state index < -0.39 is 0 Å². The van der Waals surface area contributed by atoms with Crippen LogP contribution in [0.3, 0.4) is 0 Å². The topological polar surface area (TPSA) is 54.4 Å². The van der Waals surface area contributed by atoms with Crippen LogP contribution in [-0.4, -0.2) is 55.4 Å². The van der Waals surface area contributed by atoms with E-state index in [1.165, 1.54) is 11.1 Å². The molecule has 1 aliphatic heterocycles. The normalized spacial score (nSPS) is 15.9. The van der Waals surface area contributed by atoms with Gasteiger partial charge in [-0.15, -0.1) is 0 Å². The van der Waals surface area contributed by atoms with Gasteiger partial charge in [-0.25, -0.2) is 5.01 Å². The number of hydrogen-bond acceptors (Lipinski definition) is 5. The lowest BCUT2D eigenvalue weighted by Crippen LogP contribution is -2.38. The Kier molecular flexibility index (Phi) is 7.33. The molecule has 0 aromatic heterocycles. The van der Waals surface area contributed by atoms with Crippen LogP contribution in [0.5, 0.6) is 11.5 Å². The molecule has 1 aliphatic rings. The maximum atomic E-state index is 13.3. The molecule has 6 nitrogen and oxygen atoms in total. The fraction of sp³-hybridized carbons (Fsp3) is 0.440. The van der Waals surface area contributed by atoms with Crippen molar-refractivity contribution in [3.05, 3.63) is 58.7 Å². The second-order valence-corrected chi connectivity index (χ2v) is 7.89. The number of benzene rings is 2. The summed E-state index contributed by atoms with van der Waals surface area (Å²) in [5.74, 6) is 1.42. The van der Waals surface area contributed by atoms with Crippen molar-refractivity contribution >= 4 is 11.6 Å². The third-order valence-electron chi connectivity index (χ3n) is 5.92. The predicted molar refractivity (Wildman–Crippen MR) is 124 cm³/mol. The maximum Gasteiger partial charge on any atom is 0.257 e. The van der Waals surface area contributed by atoms with Crippen molar-refractivity contribution in [2.45, 2.75) is 40.2 Å². The van der Waals surface area contributed by atoms with Crippen LogP contribution in [0.25, 0.3) is 0 Å². The van der Waals surface area contributed by atoms with E-state index >= 15 is 0 Å². The second kappa shape index (κ2) is 9.96. The van der Waals surface area contributed by atoms with E-state index in [1.807, 2.05) is 18.2 Å². The molecule has 3 rings (SSSR count). The fourth-order valence-electron chi connectivity index (χ4n) is 4.09. The molecule has 0 unspecified atom stereocenters. The smallest absolute Gasteiger partial charge is 0.257 e. The van der Waals surface area contributed by atoms with Gasteiger partial charge in [-0.1, -0.05) is 37.6 Å². The van der Waals surface area contributed by atoms with Crippen molar-refractivity contribution < 1.29 is 14.3 Å². The van der Waals surface area contributed by atoms with Gasteiger partial charge >= 0.3 is 0 Å². The lowest BCUT2D eigenvalue weighted by molar-refractivity contribution is -0.134. The summed E-state index contributed by atoms with van der Waals surface area (Å²) in [5, 5.41) is 6.49. The summed E-state index contributed by atoms with van der Waals surface area (Å²) in [4.78, 5) is 15.4. The Balaban J connectivity index is 2.01. The van der Waals surface area contributed by atoms with Crippen molar-refractivity contribution in [3.8, 4) is 11.5 Å². The van der Waals surface area contributed by atoms with Gasteiger partial charge in [0.15, 0.2) is 0 Å². The van der Waals surface area contributed by atoms with Crippen LogP contribution in [0.4, 0.5) is 0 Å². The molecule has 0 N–H and O–H groups in total. The zero-order valence-corrected chi connectivity index (χ0v) is 19.4. The zero-order chi connectivity index (χ0) is 22.5. The van der Waals surface area contributed by atoms with E-state index in [9.17, 15) is 4.79 Å². The first kappa shape index (κ1) is 22.8. The number of amides is 1. The summed E-state index contributed by atoms with van der Waals surface area (Å²) in [6, 6.07) is 11.9. The van der Waals surface area contributed by atoms with Crippen molar-refractivity contribution in [3.63, 3.8) is 0 Å². The third-order valence-corrected chi connectivity index (χ3v) is 5.92. The molecule has 0 aliphatic carbocycles. The highest BCUT2D eigenvalue weighted by Gasteiger charge is 2.35. The molecule has 0 bridgehead atoms. The standard InChI is InChI=1S/C25H33N3O3/c1-7-27(8-2)16-25(29)28-23(20-11-9-17(3)13-18(20)4)15-22(26-28)21-12-10-19(30-5)14-24(21)31-6/h9-14,23H,7-8,15-16H2,1-6H3/t23-/m0/s1. The third kappa shape index (κ3) is 4.90. The van der Waals surface area contributed by atoms with Gasteiger partial charge in [0.25, 0.3) is 5.91 Å². The van der Waals surface area contributed by atoms with Crippen molar-refractivity contribution in [2.24, 2.45) is 5.10 Å². The Labute approximate surface area is 185 Å². The number of likely N-dealkylation sites (N-methyl/N-ethyl adjacent to an activating group) is 1. The molecule has 0 saturated carbocycles. The quantitative estimate of drug-likeness (QED) is 0.634. The number of carbonyl (C=O) groups is 1. The summed E-state index contributed by atoms with van der Waals surface area (Å²) >= 11 is 0. The molecule has 6 heteroatoms. The van der Waals surface area contributed by atoms with Gasteiger partial charge < -0.3 is 9.47 Å². The van der Waals surface area contributed by atoms with Crippen LogP contribution in [0.1, 0.15) is 48.6 Å². The number of ether oxygens (including phenoxy) is 2. The van der Waals surface area contributed by atoms with Crippen molar-refractivity contribution in [1.82, 2.24) is 9.91 Å². The monoisotopic (exact) mass is 423 g/mol. The number of nitrogens with zero attached hydrogens (tertiary/aromatic N) is 3. The molecule has 0 fully saturated rings. The molecular weight excluding hydrogens is 390 g/mol. The Morgan fingerprint density at radius 1 is 1.10 bits per heavy atom. The molecule has 2 aromatic carbocycles. The van der Waals surface area contributed by atoms with Crippen LogP contribution in [0, 0.1) is 13.8 Å². The van der Waals surface area contributed by atoms with E-state index in [4.69, 9.17) is 14.6 Å². The van der Waals surface area contributed by atoms with Gasteiger partial charge in [-0.3, -0.25) is 9.69 Å². The Bertz CT molecular complexity index is 966. The predicted octanol–water partition coefficient (Wildman–Crippen LogP) is 4.34. The van der Waals surface area contributed by atoms with E-state index in [0.717, 1.165) is 35.7 Å². The van der Waals surface area contributed by atoms with Gasteiger partial charge in [0.2, 0.25) is 0 Å². The minimum absolute atomic E-state index is 0.0103. The van der Waals surface area contributed by atoms with Crippen LogP contribution in [0.2, 0.25) is 0 Å². The number of rotatable bonds is 8. The first-order valence-corrected chi connectivity index (χ1v) is 10.8. The van der Waals surface area contributed by atoms with Crippen molar-refractivity contribution in [2.75, 3.05) is 33.9 Å². The number of methoxy groups -OCH3 is 2. The lowest BCUT2D eigenvalue weighted by Gasteiger charge is -2.26. The highest BCUT2D eigenvalue weighted by atomic mass is 16.5. The summed E-state index contributed by atoms with van der Waals surface area (Å²) < 4.78 is 10.9. The molecular formula is C25H33N3O3. The van der Waals surface area contributed by atoms with Crippen LogP contribution in [0.15, 0.2) is 41.5 Å². The highest BCUT2D eigenvalue weighted by molar-refractivity contribution is 6.05. The maximum absolute atomic E-state index is 13.3. The summed E-state index contributed by atoms with van der Waals surface area (Å²) in [6.45, 7) is 10.3. The van der Waals surface area contributed by atoms with E-state index in [1.54, 1.807) is 19.2 Å². The minimum Gasteiger partial charge on any atom is -0.497 e. The van der Waals surface area contributed by atoms with Crippen LogP contribution < -0.4 is 9.47 Å². The summed E-state index contributed by atoms with van der Waals surface area (Å²) in [7, 11) is 3.27. The second-order valence-electron chi connectivity index (χ2n) is 7.89. The van der Waals surface area contributed by atoms with Gasteiger partial charge in [0, 0.05) is 18.1 Å². The fourth-order valence-corrected chi connectivity index (χ4v) is 4.09. The Morgan fingerprint density at radius 2 is 1.84 bits per heavy atom. The van der Waals surface area contributed by atoms with E-state index in [2.05, 4.69) is 50.8 Å². The molecule has 31 heavy (non-hydrogen) atoms. The molecule has 166 valence electrons. The van der Waals surface area contributed by atoms with Gasteiger partial charge in [0.1, 0.15) is 11.5 Å². The first-order valence-electron chi connectivity index (χ1n) is 10.8. The number of hydrazone groups is 1. The Hall–Kier alpha value is -2.86. The van der Waals surface area contributed by atoms with Crippen LogP contribution in [-0.2, 0) is 4.79 Å². The van der Waals surface area contributed by atoms with E-state index in [-0.39, 0.29) is 11.9 Å². The largest absolute Gasteiger partial charge is 0.497 e. The highest BCUT2D eigenvalue weighted by Crippen LogP contribution is 2.37. The number of hydrogen-bond donors (Lipinski definition) is 0. The van der Waals surface area contributed by atoms with Gasteiger partial charge in [-0.05, 0) is 50.2 Å². The molecule has 0 spiro atoms. The van der Waals surface area contributed by atoms with Crippen LogP contribution >= 0.6 is 0 Å². The van der Waals surface area contributed by atoms with Crippen molar-refractivity contribution in [1.29, 1.82) is 0 Å². The van der Waals surface area contributed by atoms with E-state index in [0.29, 0.717) is 18.7 Å². The SMILES string of the molecule is CCN(CC)CC(=O)N1N=C(c2ccc(OC)cc2OC)C[C@H]1c1ccc(C)cc1C. The Morgan fingerprint density at radius 3 is 2.45 bits per heavy atom. The lowest BCUT2D eigenvalue weighted by atomic mass is 9.94. The number of carbonyl (C=O) groups excluding carboxylic acids is 1. The summed E-state index contributed by atoms with van der Waals surface area (Å²) in [6.07, 6.45) is 0.635. The minimum atomic E-state index is -0.134. The molecule has 1 amide bonds. The average molecular weight is 424 g/mol. The molecule has 1 atom stereocenters. The zero-order valence-electron chi connectivity index (χ0n) is 19.4. The summed E-state index contributed by atoms with van der Waals surface area (Å²) in [5.41, 5.74) is 5.24. The number of aryl methyl sites for hydroxylation is 2. The molecule has 0 radical (unpaired) electrons. The molecule has 0 saturated heterocycles. The first-order chi connectivity index (χ1) is 14.9. The average Bonchev–Trinajstić information content (AvgIpc) is 3.21. The van der Waals surface area contributed by atoms with Gasteiger partial charge in [0.05, 0.1) is 32.5 Å². The molecule has 2 aromatic rings. The van der Waals surface area contributed by atoms with Gasteiger partial charge in [-0.2, -0.15) is 5.10 Å².